The van der Waals surface area contributed by atoms with Gasteiger partial charge in [0.25, 0.3) is 0 Å². The van der Waals surface area contributed by atoms with E-state index in [0.717, 1.165) is 19.5 Å². The second kappa shape index (κ2) is 5.34. The highest BCUT2D eigenvalue weighted by Crippen LogP contribution is 2.36. The van der Waals surface area contributed by atoms with E-state index >= 15 is 0 Å². The molecule has 3 rings (SSSR count). The Morgan fingerprint density at radius 2 is 2.10 bits per heavy atom. The molecule has 1 amide bonds. The number of thiophene rings is 1. The van der Waals surface area contributed by atoms with Crippen LogP contribution in [0.4, 0.5) is 4.79 Å². The molecule has 4 heteroatoms. The Labute approximate surface area is 129 Å². The number of carbonyl (C=O) groups is 1. The summed E-state index contributed by atoms with van der Waals surface area (Å²) in [6, 6.07) is 8.49. The molecule has 0 aliphatic carbocycles. The third-order valence-electron chi connectivity index (χ3n) is 3.79. The quantitative estimate of drug-likeness (QED) is 0.769. The van der Waals surface area contributed by atoms with Crippen molar-refractivity contribution in [1.82, 2.24) is 4.90 Å². The minimum atomic E-state index is -0.426. The summed E-state index contributed by atoms with van der Waals surface area (Å²) in [5.74, 6) is 0.425. The molecule has 0 bridgehead atoms. The summed E-state index contributed by atoms with van der Waals surface area (Å²) in [6.45, 7) is 7.26. The van der Waals surface area contributed by atoms with Crippen molar-refractivity contribution < 1.29 is 9.53 Å². The molecule has 2 aromatic rings. The van der Waals surface area contributed by atoms with Crippen molar-refractivity contribution in [3.05, 3.63) is 35.2 Å². The summed E-state index contributed by atoms with van der Waals surface area (Å²) in [4.78, 5) is 14.0. The van der Waals surface area contributed by atoms with Gasteiger partial charge in [0, 0.05) is 23.7 Å². The molecule has 1 atom stereocenters. The lowest BCUT2D eigenvalue weighted by atomic mass is 9.98. The van der Waals surface area contributed by atoms with Gasteiger partial charge in [0.15, 0.2) is 0 Å². The molecule has 1 unspecified atom stereocenters. The van der Waals surface area contributed by atoms with Crippen LogP contribution < -0.4 is 0 Å². The fourth-order valence-corrected chi connectivity index (χ4v) is 3.86. The lowest BCUT2D eigenvalue weighted by molar-refractivity contribution is 0.0292. The zero-order valence-corrected chi connectivity index (χ0v) is 13.6. The summed E-state index contributed by atoms with van der Waals surface area (Å²) >= 11 is 1.79. The highest BCUT2D eigenvalue weighted by Gasteiger charge is 2.31. The number of nitrogens with zero attached hydrogens (tertiary/aromatic N) is 1. The van der Waals surface area contributed by atoms with E-state index in [9.17, 15) is 4.79 Å². The Balaban J connectivity index is 1.74. The van der Waals surface area contributed by atoms with Crippen LogP contribution in [0.5, 0.6) is 0 Å². The second-order valence-electron chi connectivity index (χ2n) is 6.60. The van der Waals surface area contributed by atoms with E-state index < -0.39 is 5.60 Å². The van der Waals surface area contributed by atoms with Crippen molar-refractivity contribution >= 4 is 27.5 Å². The van der Waals surface area contributed by atoms with Gasteiger partial charge in [-0.25, -0.2) is 4.79 Å². The Bertz CT molecular complexity index is 656. The third-order valence-corrected chi connectivity index (χ3v) is 4.77. The van der Waals surface area contributed by atoms with E-state index in [2.05, 4.69) is 29.6 Å². The van der Waals surface area contributed by atoms with Crippen LogP contribution in [-0.4, -0.2) is 29.7 Å². The van der Waals surface area contributed by atoms with Gasteiger partial charge in [-0.15, -0.1) is 11.3 Å². The van der Waals surface area contributed by atoms with Crippen LogP contribution in [0.1, 0.15) is 38.7 Å². The van der Waals surface area contributed by atoms with E-state index in [1.165, 1.54) is 15.6 Å². The molecule has 1 saturated heterocycles. The van der Waals surface area contributed by atoms with Gasteiger partial charge in [-0.3, -0.25) is 0 Å². The fraction of sp³-hybridized carbons (Fsp3) is 0.471. The van der Waals surface area contributed by atoms with E-state index in [4.69, 9.17) is 4.74 Å². The summed E-state index contributed by atoms with van der Waals surface area (Å²) in [5, 5.41) is 3.58. The average molecular weight is 303 g/mol. The predicted octanol–water partition coefficient (Wildman–Crippen LogP) is 4.63. The Kier molecular flexibility index (Phi) is 3.66. The van der Waals surface area contributed by atoms with E-state index in [-0.39, 0.29) is 6.09 Å². The van der Waals surface area contributed by atoms with Gasteiger partial charge in [0.05, 0.1) is 0 Å². The van der Waals surface area contributed by atoms with E-state index in [1.807, 2.05) is 25.7 Å². The average Bonchev–Trinajstić information content (AvgIpc) is 3.03. The van der Waals surface area contributed by atoms with Gasteiger partial charge in [0.2, 0.25) is 0 Å². The molecule has 1 aromatic carbocycles. The molecule has 1 aliphatic rings. The summed E-state index contributed by atoms with van der Waals surface area (Å²) < 4.78 is 6.79. The maximum Gasteiger partial charge on any atom is 0.410 e. The molecule has 0 N–H and O–H groups in total. The fourth-order valence-electron chi connectivity index (χ4n) is 2.82. The molecule has 3 nitrogen and oxygen atoms in total. The summed E-state index contributed by atoms with van der Waals surface area (Å²) in [6.07, 6.45) is 0.824. The minimum Gasteiger partial charge on any atom is -0.444 e. The molecular formula is C17H21NO2S. The highest BCUT2D eigenvalue weighted by molar-refractivity contribution is 7.17. The van der Waals surface area contributed by atoms with Crippen molar-refractivity contribution in [2.75, 3.05) is 13.1 Å². The van der Waals surface area contributed by atoms with Crippen LogP contribution in [0.3, 0.4) is 0 Å². The standard InChI is InChI=1S/C17H21NO2S/c1-17(2,3)20-16(19)18-9-8-12(10-18)14-11-21-15-7-5-4-6-13(14)15/h4-7,11-12H,8-10H2,1-3H3. The van der Waals surface area contributed by atoms with Crippen molar-refractivity contribution in [1.29, 1.82) is 0 Å². The van der Waals surface area contributed by atoms with Gasteiger partial charge >= 0.3 is 6.09 Å². The monoisotopic (exact) mass is 303 g/mol. The van der Waals surface area contributed by atoms with Gasteiger partial charge in [0.1, 0.15) is 5.60 Å². The number of fused-ring (bicyclic) bond motifs is 1. The number of likely N-dealkylation sites (tertiary alicyclic amines) is 1. The maximum absolute atomic E-state index is 12.1. The first-order valence-corrected chi connectivity index (χ1v) is 8.26. The zero-order valence-electron chi connectivity index (χ0n) is 12.8. The number of carbonyl (C=O) groups excluding carboxylic acids is 1. The largest absolute Gasteiger partial charge is 0.444 e. The predicted molar refractivity (Wildman–Crippen MR) is 87.0 cm³/mol. The van der Waals surface area contributed by atoms with Crippen LogP contribution in [0.2, 0.25) is 0 Å². The van der Waals surface area contributed by atoms with Crippen molar-refractivity contribution in [2.45, 2.75) is 38.7 Å². The molecule has 1 fully saturated rings. The number of amides is 1. The molecular weight excluding hydrogens is 282 g/mol. The number of rotatable bonds is 1. The lowest BCUT2D eigenvalue weighted by Crippen LogP contribution is -2.35. The van der Waals surface area contributed by atoms with Gasteiger partial charge in [-0.05, 0) is 49.6 Å². The van der Waals surface area contributed by atoms with Crippen LogP contribution in [-0.2, 0) is 4.74 Å². The topological polar surface area (TPSA) is 29.5 Å². The van der Waals surface area contributed by atoms with Crippen molar-refractivity contribution in [3.63, 3.8) is 0 Å². The third kappa shape index (κ3) is 3.05. The van der Waals surface area contributed by atoms with Crippen molar-refractivity contribution in [2.24, 2.45) is 0 Å². The van der Waals surface area contributed by atoms with E-state index in [0.29, 0.717) is 5.92 Å². The first-order valence-electron chi connectivity index (χ1n) is 7.38. The molecule has 0 saturated carbocycles. The van der Waals surface area contributed by atoms with Crippen LogP contribution in [0.25, 0.3) is 10.1 Å². The first-order chi connectivity index (χ1) is 9.94. The number of ether oxygens (including phenoxy) is 1. The number of benzene rings is 1. The summed E-state index contributed by atoms with van der Waals surface area (Å²) in [7, 11) is 0. The maximum atomic E-state index is 12.1. The molecule has 0 spiro atoms. The molecule has 0 radical (unpaired) electrons. The Hall–Kier alpha value is -1.55. The molecule has 112 valence electrons. The minimum absolute atomic E-state index is 0.190. The zero-order chi connectivity index (χ0) is 15.0. The Morgan fingerprint density at radius 1 is 1.33 bits per heavy atom. The van der Waals surface area contributed by atoms with Gasteiger partial charge in [-0.1, -0.05) is 18.2 Å². The number of hydrogen-bond donors (Lipinski definition) is 0. The SMILES string of the molecule is CC(C)(C)OC(=O)N1CCC(c2csc3ccccc23)C1. The van der Waals surface area contributed by atoms with Gasteiger partial charge < -0.3 is 9.64 Å². The number of hydrogen-bond acceptors (Lipinski definition) is 3. The van der Waals surface area contributed by atoms with Crippen LogP contribution >= 0.6 is 11.3 Å². The highest BCUT2D eigenvalue weighted by atomic mass is 32.1. The lowest BCUT2D eigenvalue weighted by Gasteiger charge is -2.24. The van der Waals surface area contributed by atoms with Gasteiger partial charge in [-0.2, -0.15) is 0 Å². The molecule has 1 aliphatic heterocycles. The van der Waals surface area contributed by atoms with Crippen LogP contribution in [0.15, 0.2) is 29.6 Å². The van der Waals surface area contributed by atoms with E-state index in [1.54, 1.807) is 11.3 Å². The first kappa shape index (κ1) is 14.4. The second-order valence-corrected chi connectivity index (χ2v) is 7.51. The Morgan fingerprint density at radius 3 is 2.86 bits per heavy atom. The molecule has 1 aromatic heterocycles. The van der Waals surface area contributed by atoms with Crippen LogP contribution in [0, 0.1) is 0 Å². The molecule has 2 heterocycles. The normalized spacial score (nSPS) is 19.2. The summed E-state index contributed by atoms with van der Waals surface area (Å²) in [5.41, 5.74) is 0.950. The van der Waals surface area contributed by atoms with Crippen molar-refractivity contribution in [3.8, 4) is 0 Å². The molecule has 21 heavy (non-hydrogen) atoms. The smallest absolute Gasteiger partial charge is 0.410 e.